The average Bonchev–Trinajstić information content (AvgIpc) is 3.23. The van der Waals surface area contributed by atoms with E-state index in [1.54, 1.807) is 6.08 Å². The summed E-state index contributed by atoms with van der Waals surface area (Å²) < 4.78 is 13.9. The summed E-state index contributed by atoms with van der Waals surface area (Å²) in [5.74, 6) is 1.54. The second-order valence-electron chi connectivity index (χ2n) is 8.71. The Balaban J connectivity index is 1.47. The second-order valence-corrected chi connectivity index (χ2v) is 10.0. The van der Waals surface area contributed by atoms with Gasteiger partial charge in [0.25, 0.3) is 0 Å². The molecule has 7 nitrogen and oxygen atoms in total. The summed E-state index contributed by atoms with van der Waals surface area (Å²) in [6, 6.07) is 18.1. The molecule has 0 radical (unpaired) electrons. The van der Waals surface area contributed by atoms with E-state index in [-0.39, 0.29) is 30.0 Å². The Morgan fingerprint density at radius 1 is 1.14 bits per heavy atom. The number of allylic oxidation sites excluding steroid dienone is 1. The lowest BCUT2D eigenvalue weighted by Gasteiger charge is -2.36. The van der Waals surface area contributed by atoms with E-state index >= 15 is 0 Å². The van der Waals surface area contributed by atoms with Crippen molar-refractivity contribution in [2.45, 2.75) is 56.5 Å². The fourth-order valence-corrected chi connectivity index (χ4v) is 5.20. The van der Waals surface area contributed by atoms with E-state index in [0.717, 1.165) is 16.9 Å². The van der Waals surface area contributed by atoms with Gasteiger partial charge in [0.2, 0.25) is 5.91 Å². The number of carbonyl (C=O) groups excluding carboxylic acids is 1. The molecule has 1 aliphatic heterocycles. The molecule has 0 bridgehead atoms. The zero-order valence-corrected chi connectivity index (χ0v) is 21.3. The van der Waals surface area contributed by atoms with Gasteiger partial charge in [-0.1, -0.05) is 66.4 Å². The quantitative estimate of drug-likeness (QED) is 0.315. The molecule has 1 amide bonds. The molecule has 1 aromatic heterocycles. The number of amides is 1. The van der Waals surface area contributed by atoms with E-state index < -0.39 is 0 Å². The minimum Gasteiger partial charge on any atom is -0.485 e. The standard InChI is InChI=1S/C27H32N4O3S/c1-5-15-31-25(18-33-24-14-10-9-13-23(24)22-11-7-6-8-12-22)28-29-27(31)35-21(4)26(32)30-16-19(2)34-20(3)17-30/h5-14,19-21H,1,15-18H2,2-4H3/t19-,20-,21-/m1/s1. The summed E-state index contributed by atoms with van der Waals surface area (Å²) in [6.07, 6.45) is 1.87. The molecule has 1 aliphatic rings. The molecule has 2 heterocycles. The van der Waals surface area contributed by atoms with Crippen LogP contribution in [0.15, 0.2) is 72.4 Å². The van der Waals surface area contributed by atoms with Gasteiger partial charge in [-0.15, -0.1) is 16.8 Å². The van der Waals surface area contributed by atoms with Crippen molar-refractivity contribution in [3.8, 4) is 16.9 Å². The predicted octanol–water partition coefficient (Wildman–Crippen LogP) is 4.83. The van der Waals surface area contributed by atoms with Crippen molar-refractivity contribution >= 4 is 17.7 Å². The molecule has 0 N–H and O–H groups in total. The van der Waals surface area contributed by atoms with Crippen molar-refractivity contribution in [3.05, 3.63) is 73.1 Å². The fraction of sp³-hybridized carbons (Fsp3) is 0.370. The predicted molar refractivity (Wildman–Crippen MR) is 138 cm³/mol. The number of carbonyl (C=O) groups is 1. The van der Waals surface area contributed by atoms with Gasteiger partial charge in [0, 0.05) is 25.2 Å². The molecule has 1 fully saturated rings. The lowest BCUT2D eigenvalue weighted by molar-refractivity contribution is -0.142. The number of nitrogens with zero attached hydrogens (tertiary/aromatic N) is 4. The number of hydrogen-bond donors (Lipinski definition) is 0. The van der Waals surface area contributed by atoms with Gasteiger partial charge in [0.05, 0.1) is 17.5 Å². The molecule has 4 rings (SSSR count). The highest BCUT2D eigenvalue weighted by molar-refractivity contribution is 8.00. The van der Waals surface area contributed by atoms with Crippen LogP contribution in [0, 0.1) is 0 Å². The maximum Gasteiger partial charge on any atom is 0.236 e. The zero-order valence-electron chi connectivity index (χ0n) is 20.5. The summed E-state index contributed by atoms with van der Waals surface area (Å²) >= 11 is 1.41. The molecule has 8 heteroatoms. The van der Waals surface area contributed by atoms with Gasteiger partial charge in [-0.3, -0.25) is 9.36 Å². The molecule has 0 saturated carbocycles. The number of para-hydroxylation sites is 1. The van der Waals surface area contributed by atoms with Crippen molar-refractivity contribution in [3.63, 3.8) is 0 Å². The minimum atomic E-state index is -0.298. The van der Waals surface area contributed by atoms with Crippen LogP contribution in [-0.4, -0.2) is 56.1 Å². The largest absolute Gasteiger partial charge is 0.485 e. The maximum atomic E-state index is 13.1. The van der Waals surface area contributed by atoms with Gasteiger partial charge in [-0.05, 0) is 32.4 Å². The number of aromatic nitrogens is 3. The molecule has 0 unspecified atom stereocenters. The molecule has 35 heavy (non-hydrogen) atoms. The van der Waals surface area contributed by atoms with E-state index in [0.29, 0.717) is 30.6 Å². The number of benzene rings is 2. The van der Waals surface area contributed by atoms with Gasteiger partial charge in [0.15, 0.2) is 11.0 Å². The van der Waals surface area contributed by atoms with Crippen LogP contribution in [0.5, 0.6) is 5.75 Å². The first-order chi connectivity index (χ1) is 17.0. The monoisotopic (exact) mass is 492 g/mol. The van der Waals surface area contributed by atoms with Crippen molar-refractivity contribution in [1.82, 2.24) is 19.7 Å². The Kier molecular flexibility index (Phi) is 8.25. The van der Waals surface area contributed by atoms with Crippen molar-refractivity contribution in [1.29, 1.82) is 0 Å². The Morgan fingerprint density at radius 2 is 1.83 bits per heavy atom. The van der Waals surface area contributed by atoms with Gasteiger partial charge in [-0.2, -0.15) is 0 Å². The minimum absolute atomic E-state index is 0.0341. The highest BCUT2D eigenvalue weighted by Crippen LogP contribution is 2.31. The van der Waals surface area contributed by atoms with Crippen LogP contribution in [-0.2, 0) is 22.7 Å². The normalized spacial score (nSPS) is 18.8. The third-order valence-corrected chi connectivity index (χ3v) is 6.86. The molecular weight excluding hydrogens is 460 g/mol. The van der Waals surface area contributed by atoms with Gasteiger partial charge in [0.1, 0.15) is 12.4 Å². The van der Waals surface area contributed by atoms with Crippen LogP contribution < -0.4 is 4.74 Å². The summed E-state index contributed by atoms with van der Waals surface area (Å²) in [6.45, 7) is 11.8. The molecule has 1 saturated heterocycles. The van der Waals surface area contributed by atoms with Crippen molar-refractivity contribution in [2.24, 2.45) is 0 Å². The van der Waals surface area contributed by atoms with Gasteiger partial charge in [-0.25, -0.2) is 0 Å². The summed E-state index contributed by atoms with van der Waals surface area (Å²) in [7, 11) is 0. The lowest BCUT2D eigenvalue weighted by atomic mass is 10.1. The molecule has 2 aromatic carbocycles. The Bertz CT molecular complexity index is 1140. The van der Waals surface area contributed by atoms with E-state index in [1.165, 1.54) is 11.8 Å². The number of rotatable bonds is 9. The van der Waals surface area contributed by atoms with Crippen LogP contribution in [0.25, 0.3) is 11.1 Å². The van der Waals surface area contributed by atoms with Crippen molar-refractivity contribution < 1.29 is 14.3 Å². The molecule has 0 spiro atoms. The Morgan fingerprint density at radius 3 is 2.54 bits per heavy atom. The highest BCUT2D eigenvalue weighted by Gasteiger charge is 2.30. The Labute approximate surface area is 211 Å². The third kappa shape index (κ3) is 6.13. The van der Waals surface area contributed by atoms with Crippen LogP contribution in [0.4, 0.5) is 0 Å². The maximum absolute atomic E-state index is 13.1. The number of thioether (sulfide) groups is 1. The molecule has 184 valence electrons. The van der Waals surface area contributed by atoms with Crippen LogP contribution >= 0.6 is 11.8 Å². The second kappa shape index (κ2) is 11.6. The number of hydrogen-bond acceptors (Lipinski definition) is 6. The summed E-state index contributed by atoms with van der Waals surface area (Å²) in [4.78, 5) is 15.0. The van der Waals surface area contributed by atoms with Gasteiger partial charge >= 0.3 is 0 Å². The number of ether oxygens (including phenoxy) is 2. The molecule has 3 aromatic rings. The highest BCUT2D eigenvalue weighted by atomic mass is 32.2. The smallest absolute Gasteiger partial charge is 0.236 e. The van der Waals surface area contributed by atoms with Crippen LogP contribution in [0.1, 0.15) is 26.6 Å². The Hall–Kier alpha value is -3.10. The molecular formula is C27H32N4O3S. The van der Waals surface area contributed by atoms with Crippen LogP contribution in [0.2, 0.25) is 0 Å². The molecule has 0 aliphatic carbocycles. The first-order valence-electron chi connectivity index (χ1n) is 11.9. The summed E-state index contributed by atoms with van der Waals surface area (Å²) in [5.41, 5.74) is 2.11. The van der Waals surface area contributed by atoms with Crippen LogP contribution in [0.3, 0.4) is 0 Å². The zero-order chi connectivity index (χ0) is 24.8. The van der Waals surface area contributed by atoms with Crippen molar-refractivity contribution in [2.75, 3.05) is 13.1 Å². The van der Waals surface area contributed by atoms with E-state index in [1.807, 2.05) is 72.7 Å². The first-order valence-corrected chi connectivity index (χ1v) is 12.7. The molecule has 3 atom stereocenters. The average molecular weight is 493 g/mol. The lowest BCUT2D eigenvalue weighted by Crippen LogP contribution is -2.50. The summed E-state index contributed by atoms with van der Waals surface area (Å²) in [5, 5.41) is 9.13. The fourth-order valence-electron chi connectivity index (χ4n) is 4.24. The van der Waals surface area contributed by atoms with E-state index in [9.17, 15) is 4.79 Å². The first kappa shape index (κ1) is 25.0. The van der Waals surface area contributed by atoms with Gasteiger partial charge < -0.3 is 14.4 Å². The third-order valence-electron chi connectivity index (χ3n) is 5.79. The number of morpholine rings is 1. The SMILES string of the molecule is C=CCn1c(COc2ccccc2-c2ccccc2)nnc1S[C@H](C)C(=O)N1C[C@@H](C)O[C@H](C)C1. The van der Waals surface area contributed by atoms with E-state index in [2.05, 4.69) is 28.9 Å². The van der Waals surface area contributed by atoms with E-state index in [4.69, 9.17) is 9.47 Å². The topological polar surface area (TPSA) is 69.5 Å².